The minimum Gasteiger partial charge on any atom is -0.505 e. The number of rotatable bonds is 24. The van der Waals surface area contributed by atoms with E-state index in [4.69, 9.17) is 0 Å². The highest BCUT2D eigenvalue weighted by atomic mass is 33.1. The molecule has 0 amide bonds. The molecule has 2 aromatic heterocycles. The highest BCUT2D eigenvalue weighted by Gasteiger charge is 2.28. The van der Waals surface area contributed by atoms with Gasteiger partial charge in [0.25, 0.3) is 30.4 Å². The highest BCUT2D eigenvalue weighted by molar-refractivity contribution is 8.76. The molecule has 2 unspecified atom stereocenters. The van der Waals surface area contributed by atoms with Crippen LogP contribution in [0.2, 0.25) is 0 Å². The van der Waals surface area contributed by atoms with E-state index in [1.807, 2.05) is 0 Å². The molecule has 0 saturated heterocycles. The molecule has 2 heterocycles. The van der Waals surface area contributed by atoms with E-state index in [2.05, 4.69) is 71.6 Å². The zero-order chi connectivity index (χ0) is 62.6. The first-order valence-electron chi connectivity index (χ1n) is 23.2. The molecule has 8 rings (SSSR count). The van der Waals surface area contributed by atoms with E-state index >= 15 is 0 Å². The number of nitrogens with zero attached hydrogens (tertiary/aromatic N) is 8. The van der Waals surface area contributed by atoms with Gasteiger partial charge < -0.3 is 51.9 Å². The zero-order valence-corrected chi connectivity index (χ0v) is 46.4. The van der Waals surface area contributed by atoms with Crippen LogP contribution < -0.4 is 32.6 Å². The van der Waals surface area contributed by atoms with E-state index in [0.717, 1.165) is 45.9 Å². The number of aromatic nitrogens is 6. The monoisotopic (exact) mass is 1280 g/mol. The number of carboxylic acid groups (broad SMARTS) is 4. The molecule has 35 nitrogen and oxygen atoms in total. The maximum absolute atomic E-state index is 12.8. The van der Waals surface area contributed by atoms with Crippen LogP contribution in [0.5, 0.6) is 11.5 Å². The predicted octanol–water partition coefficient (Wildman–Crippen LogP) is 5.63. The van der Waals surface area contributed by atoms with Gasteiger partial charge in [-0.2, -0.15) is 45.2 Å². The Labute approximate surface area is 486 Å². The van der Waals surface area contributed by atoms with Crippen molar-refractivity contribution >= 4 is 155 Å². The number of aromatic amines is 2. The first kappa shape index (κ1) is 61.8. The number of hydrogen-bond acceptors (Lipinski definition) is 28. The minimum atomic E-state index is -5.37. The molecule has 0 aliphatic rings. The molecule has 86 heavy (non-hydrogen) atoms. The van der Waals surface area contributed by atoms with Crippen molar-refractivity contribution in [1.82, 2.24) is 29.9 Å². The number of carboxylic acids is 4. The molecule has 0 radical (unpaired) electrons. The average Bonchev–Trinajstić information content (AvgIpc) is 1.17. The van der Waals surface area contributed by atoms with Crippen molar-refractivity contribution < 1.29 is 88.7 Å². The van der Waals surface area contributed by atoms with Gasteiger partial charge in [-0.25, -0.2) is 28.8 Å². The molecule has 0 aliphatic carbocycles. The van der Waals surface area contributed by atoms with Gasteiger partial charge in [-0.1, -0.05) is 51.9 Å². The Hall–Kier alpha value is -10.2. The van der Waals surface area contributed by atoms with E-state index < -0.39 is 167 Å². The third kappa shape index (κ3) is 14.6. The number of hydrogen-bond donors (Lipinski definition) is 15. The molecule has 6 aromatic carbocycles. The normalized spacial score (nSPS) is 12.7. The lowest BCUT2D eigenvalue weighted by Gasteiger charge is -2.17. The van der Waals surface area contributed by atoms with Gasteiger partial charge in [-0.05, 0) is 71.4 Å². The molecule has 446 valence electrons. The summed E-state index contributed by atoms with van der Waals surface area (Å²) in [5.74, 6) is -10.9. The smallest absolute Gasteiger partial charge is 0.373 e. The van der Waals surface area contributed by atoms with E-state index in [0.29, 0.717) is 18.2 Å². The van der Waals surface area contributed by atoms with Crippen molar-refractivity contribution in [2.24, 2.45) is 20.5 Å². The lowest BCUT2D eigenvalue weighted by atomic mass is 10.1. The number of aromatic hydroxyl groups is 2. The maximum Gasteiger partial charge on any atom is 0.373 e. The summed E-state index contributed by atoms with van der Waals surface area (Å²) in [6.07, 6.45) is 0. The standard InChI is InChI=1S/C46H36N14O21S5/c61-35-26(59-57-24-7-3-1-5-22(24)37(63)64)10-9-18-11-20(84(73,74)75)14-27(32(18)35)47-41-51-43(55-45(71)53-41)49-29(39(67)68)16-82-83-17-30(40(69)70)50-44-52-42(54-46(72)56-44)48-28-15-21(85(76,77)78)12-19-13-31(86(79,80)81)34(36(62)33(19)28)60-58-25-8-4-2-6-23(25)38(65)66/h1-15,29-30,61-62H,16-17H2,(H,63,64)(H,65,66)(H,67,68)(H,69,70)(H,73,74,75)(H,76,77,78)(H,79,80,81)(H3,47,49,51,53,55,71)(H3,48,50,52,54,56,72)/b59-57+,60-58+. The fraction of sp³-hybridized carbons (Fsp3) is 0.0870. The van der Waals surface area contributed by atoms with Gasteiger partial charge in [-0.3, -0.25) is 23.6 Å². The molecular weight excluding hydrogens is 1240 g/mol. The molecule has 0 aliphatic heterocycles. The van der Waals surface area contributed by atoms with Gasteiger partial charge in [0.05, 0.1) is 32.3 Å². The van der Waals surface area contributed by atoms with Crippen molar-refractivity contribution in [3.8, 4) is 11.5 Å². The number of fused-ring (bicyclic) bond motifs is 2. The van der Waals surface area contributed by atoms with E-state index in [1.54, 1.807) is 0 Å². The fourth-order valence-electron chi connectivity index (χ4n) is 7.62. The Balaban J connectivity index is 1.000. The molecule has 8 aromatic rings. The number of phenols is 2. The summed E-state index contributed by atoms with van der Waals surface area (Å²) < 4.78 is 105. The van der Waals surface area contributed by atoms with Crippen LogP contribution in [0.4, 0.5) is 57.9 Å². The number of phenolic OH excluding ortho intramolecular Hbond substituents is 2. The lowest BCUT2D eigenvalue weighted by molar-refractivity contribution is -0.138. The van der Waals surface area contributed by atoms with Crippen LogP contribution in [0.1, 0.15) is 20.7 Å². The quantitative estimate of drug-likeness (QED) is 0.0151. The second-order valence-corrected chi connectivity index (χ2v) is 23.9. The Morgan fingerprint density at radius 3 is 1.37 bits per heavy atom. The summed E-state index contributed by atoms with van der Waals surface area (Å²) in [6, 6.07) is 13.4. The van der Waals surface area contributed by atoms with Crippen molar-refractivity contribution in [2.45, 2.75) is 26.8 Å². The molecular formula is C46H36N14O21S5. The molecule has 0 bridgehead atoms. The zero-order valence-electron chi connectivity index (χ0n) is 42.3. The summed E-state index contributed by atoms with van der Waals surface area (Å²) in [5, 5.41) is 86.2. The summed E-state index contributed by atoms with van der Waals surface area (Å²) in [6.45, 7) is 0. The Morgan fingerprint density at radius 2 is 0.930 bits per heavy atom. The van der Waals surface area contributed by atoms with Gasteiger partial charge in [0.2, 0.25) is 23.8 Å². The fourth-order valence-corrected chi connectivity index (χ4v) is 11.7. The number of anilines is 6. The van der Waals surface area contributed by atoms with Gasteiger partial charge in [0.1, 0.15) is 39.7 Å². The van der Waals surface area contributed by atoms with Crippen LogP contribution >= 0.6 is 21.6 Å². The van der Waals surface area contributed by atoms with Crippen molar-refractivity contribution in [3.63, 3.8) is 0 Å². The summed E-state index contributed by atoms with van der Waals surface area (Å²) in [4.78, 5) is 90.6. The summed E-state index contributed by atoms with van der Waals surface area (Å²) in [7, 11) is -13.9. The number of aromatic carboxylic acids is 2. The molecule has 40 heteroatoms. The summed E-state index contributed by atoms with van der Waals surface area (Å²) >= 11 is 0. The topological polar surface area (TPSA) is 568 Å². The van der Waals surface area contributed by atoms with Gasteiger partial charge >= 0.3 is 35.3 Å². The van der Waals surface area contributed by atoms with E-state index in [-0.39, 0.29) is 39.1 Å². The SMILES string of the molecule is O=C(O)c1ccccc1/N=N/c1ccc2cc(S(=O)(=O)O)cc(Nc3nc(=O)nc(NC(CSSCC(Nc4nc(=O)nc(Nc5cc(S(=O)(=O)O)cc6cc(S(=O)(=O)O)c(/N=N/c7ccccc7C(=O)O)c(O)c56)[nH]4)C(=O)O)C(=O)O)[nH]3)c2c1O. The molecule has 0 fully saturated rings. The van der Waals surface area contributed by atoms with Crippen LogP contribution in [0.25, 0.3) is 21.5 Å². The Bertz CT molecular complexity index is 4670. The van der Waals surface area contributed by atoms with Crippen LogP contribution in [0.15, 0.2) is 136 Å². The maximum atomic E-state index is 12.8. The number of aliphatic carboxylic acids is 2. The third-order valence-corrected chi connectivity index (χ3v) is 16.4. The number of H-pyrrole nitrogens is 2. The minimum absolute atomic E-state index is 0.0323. The van der Waals surface area contributed by atoms with Gasteiger partial charge in [0, 0.05) is 22.3 Å². The van der Waals surface area contributed by atoms with Gasteiger partial charge in [0.15, 0.2) is 11.5 Å². The molecule has 15 N–H and O–H groups in total. The van der Waals surface area contributed by atoms with Gasteiger partial charge in [-0.15, -0.1) is 20.5 Å². The Kier molecular flexibility index (Phi) is 17.9. The predicted molar refractivity (Wildman–Crippen MR) is 303 cm³/mol. The van der Waals surface area contributed by atoms with E-state index in [1.165, 1.54) is 48.5 Å². The average molecular weight is 1280 g/mol. The number of carbonyl (C=O) groups is 4. The first-order chi connectivity index (χ1) is 40.4. The summed E-state index contributed by atoms with van der Waals surface area (Å²) in [5.41, 5.74) is -5.87. The molecule has 2 atom stereocenters. The number of azo groups is 2. The largest absolute Gasteiger partial charge is 0.505 e. The van der Waals surface area contributed by atoms with E-state index in [9.17, 15) is 98.3 Å². The molecule has 0 spiro atoms. The van der Waals surface area contributed by atoms with Crippen molar-refractivity contribution in [1.29, 1.82) is 0 Å². The van der Waals surface area contributed by atoms with Crippen LogP contribution in [0.3, 0.4) is 0 Å². The molecule has 0 saturated carbocycles. The first-order valence-corrected chi connectivity index (χ1v) is 30.0. The second-order valence-electron chi connectivity index (χ2n) is 17.2. The van der Waals surface area contributed by atoms with Crippen LogP contribution in [-0.4, -0.2) is 147 Å². The van der Waals surface area contributed by atoms with Crippen LogP contribution in [0, 0.1) is 0 Å². The third-order valence-electron chi connectivity index (χ3n) is 11.4. The number of benzene rings is 6. The second kappa shape index (κ2) is 24.9. The van der Waals surface area contributed by atoms with Crippen molar-refractivity contribution in [2.75, 3.05) is 32.8 Å². The Morgan fingerprint density at radius 1 is 0.512 bits per heavy atom. The lowest BCUT2D eigenvalue weighted by Crippen LogP contribution is -2.34. The van der Waals surface area contributed by atoms with Crippen LogP contribution in [-0.2, 0) is 39.9 Å². The van der Waals surface area contributed by atoms with Crippen molar-refractivity contribution in [3.05, 3.63) is 123 Å². The highest BCUT2D eigenvalue weighted by Crippen LogP contribution is 2.46. The number of nitrogens with one attached hydrogen (secondary N) is 6.